The molecule has 0 aliphatic rings. The molecule has 29 heavy (non-hydrogen) atoms. The molecule has 0 aromatic heterocycles. The van der Waals surface area contributed by atoms with Gasteiger partial charge in [0.2, 0.25) is 11.8 Å². The van der Waals surface area contributed by atoms with E-state index >= 15 is 0 Å². The van der Waals surface area contributed by atoms with Crippen molar-refractivity contribution in [3.8, 4) is 5.75 Å². The van der Waals surface area contributed by atoms with Gasteiger partial charge in [0.15, 0.2) is 0 Å². The average molecular weight is 415 g/mol. The zero-order valence-electron chi connectivity index (χ0n) is 17.6. The summed E-state index contributed by atoms with van der Waals surface area (Å²) < 4.78 is 5.17. The van der Waals surface area contributed by atoms with Gasteiger partial charge in [0, 0.05) is 18.8 Å². The van der Waals surface area contributed by atoms with E-state index in [4.69, 9.17) is 4.74 Å². The molecule has 6 heteroatoms. The highest BCUT2D eigenvalue weighted by Crippen LogP contribution is 2.18. The van der Waals surface area contributed by atoms with Crippen molar-refractivity contribution in [1.82, 2.24) is 10.2 Å². The third kappa shape index (κ3) is 7.13. The maximum Gasteiger partial charge on any atom is 0.242 e. The number of likely N-dealkylation sites (N-methyl/N-ethyl adjacent to an activating group) is 1. The molecule has 0 fully saturated rings. The summed E-state index contributed by atoms with van der Waals surface area (Å²) in [6.45, 7) is 6.65. The van der Waals surface area contributed by atoms with Gasteiger partial charge in [0.1, 0.15) is 11.8 Å². The molecule has 0 aliphatic heterocycles. The molecule has 1 atom stereocenters. The Hall–Kier alpha value is -2.47. The van der Waals surface area contributed by atoms with Gasteiger partial charge in [0.25, 0.3) is 0 Å². The number of nitrogens with one attached hydrogen (secondary N) is 1. The van der Waals surface area contributed by atoms with Gasteiger partial charge in [-0.1, -0.05) is 42.0 Å². The zero-order valence-corrected chi connectivity index (χ0v) is 18.4. The number of ether oxygens (including phenoxy) is 1. The van der Waals surface area contributed by atoms with Gasteiger partial charge in [-0.15, -0.1) is 11.8 Å². The molecular weight excluding hydrogens is 384 g/mol. The number of hydrogen-bond acceptors (Lipinski definition) is 4. The number of thioether (sulfide) groups is 1. The largest absolute Gasteiger partial charge is 0.497 e. The number of amides is 2. The zero-order chi connectivity index (χ0) is 21.2. The summed E-state index contributed by atoms with van der Waals surface area (Å²) in [5.74, 6) is 1.69. The standard InChI is InChI=1S/C23H30N2O3S/c1-5-24-23(27)18(3)25(14-19-8-6-17(2)7-9-19)22(26)16-29-15-20-10-12-21(28-4)13-11-20/h6-13,18H,5,14-16H2,1-4H3,(H,24,27). The second-order valence-electron chi connectivity index (χ2n) is 6.92. The van der Waals surface area contributed by atoms with Gasteiger partial charge in [-0.05, 0) is 44.0 Å². The summed E-state index contributed by atoms with van der Waals surface area (Å²) in [7, 11) is 1.64. The Balaban J connectivity index is 2.02. The highest BCUT2D eigenvalue weighted by molar-refractivity contribution is 7.99. The van der Waals surface area contributed by atoms with E-state index in [1.54, 1.807) is 30.7 Å². The van der Waals surface area contributed by atoms with Crippen LogP contribution in [0.4, 0.5) is 0 Å². The number of aryl methyl sites for hydroxylation is 1. The van der Waals surface area contributed by atoms with Crippen molar-refractivity contribution in [1.29, 1.82) is 0 Å². The molecule has 5 nitrogen and oxygen atoms in total. The van der Waals surface area contributed by atoms with Crippen LogP contribution in [-0.2, 0) is 21.9 Å². The smallest absolute Gasteiger partial charge is 0.242 e. The quantitative estimate of drug-likeness (QED) is 0.643. The highest BCUT2D eigenvalue weighted by Gasteiger charge is 2.25. The minimum Gasteiger partial charge on any atom is -0.497 e. The van der Waals surface area contributed by atoms with Crippen LogP contribution in [0.3, 0.4) is 0 Å². The van der Waals surface area contributed by atoms with E-state index in [1.807, 2.05) is 62.4 Å². The van der Waals surface area contributed by atoms with Crippen molar-refractivity contribution >= 4 is 23.6 Å². The van der Waals surface area contributed by atoms with Crippen molar-refractivity contribution in [3.05, 3.63) is 65.2 Å². The summed E-state index contributed by atoms with van der Waals surface area (Å²) in [6, 6.07) is 15.4. The van der Waals surface area contributed by atoms with Crippen molar-refractivity contribution in [2.45, 2.75) is 39.1 Å². The molecule has 0 heterocycles. The maximum absolute atomic E-state index is 13.0. The SMILES string of the molecule is CCNC(=O)C(C)N(Cc1ccc(C)cc1)C(=O)CSCc1ccc(OC)cc1. The highest BCUT2D eigenvalue weighted by atomic mass is 32.2. The van der Waals surface area contributed by atoms with E-state index in [0.717, 1.165) is 22.6 Å². The number of hydrogen-bond donors (Lipinski definition) is 1. The Morgan fingerprint density at radius 1 is 1.07 bits per heavy atom. The summed E-state index contributed by atoms with van der Waals surface area (Å²) >= 11 is 1.55. The molecule has 2 amide bonds. The van der Waals surface area contributed by atoms with Gasteiger partial charge in [-0.3, -0.25) is 9.59 Å². The Kier molecular flexibility index (Phi) is 9.06. The summed E-state index contributed by atoms with van der Waals surface area (Å²) in [5, 5.41) is 2.82. The molecule has 1 N–H and O–H groups in total. The summed E-state index contributed by atoms with van der Waals surface area (Å²) in [6.07, 6.45) is 0. The Bertz CT molecular complexity index is 791. The molecule has 0 spiro atoms. The van der Waals surface area contributed by atoms with Crippen LogP contribution < -0.4 is 10.1 Å². The van der Waals surface area contributed by atoms with E-state index in [1.165, 1.54) is 5.56 Å². The van der Waals surface area contributed by atoms with E-state index < -0.39 is 6.04 Å². The van der Waals surface area contributed by atoms with E-state index in [-0.39, 0.29) is 11.8 Å². The normalized spacial score (nSPS) is 11.6. The lowest BCUT2D eigenvalue weighted by Gasteiger charge is -2.28. The monoisotopic (exact) mass is 414 g/mol. The number of rotatable bonds is 10. The number of carbonyl (C=O) groups excluding carboxylic acids is 2. The minimum atomic E-state index is -0.523. The van der Waals surface area contributed by atoms with Crippen LogP contribution >= 0.6 is 11.8 Å². The first kappa shape index (κ1) is 22.8. The third-order valence-electron chi connectivity index (χ3n) is 4.65. The maximum atomic E-state index is 13.0. The van der Waals surface area contributed by atoms with Crippen LogP contribution in [0.2, 0.25) is 0 Å². The van der Waals surface area contributed by atoms with Crippen molar-refractivity contribution in [2.75, 3.05) is 19.4 Å². The lowest BCUT2D eigenvalue weighted by atomic mass is 10.1. The van der Waals surface area contributed by atoms with Crippen LogP contribution in [0.5, 0.6) is 5.75 Å². The van der Waals surface area contributed by atoms with E-state index in [9.17, 15) is 9.59 Å². The molecule has 2 aromatic carbocycles. The Morgan fingerprint density at radius 2 is 1.69 bits per heavy atom. The second-order valence-corrected chi connectivity index (χ2v) is 7.90. The second kappa shape index (κ2) is 11.5. The number of nitrogens with zero attached hydrogens (tertiary/aromatic N) is 1. The Morgan fingerprint density at radius 3 is 2.28 bits per heavy atom. The topological polar surface area (TPSA) is 58.6 Å². The first-order chi connectivity index (χ1) is 13.9. The first-order valence-corrected chi connectivity index (χ1v) is 10.9. The first-order valence-electron chi connectivity index (χ1n) is 9.78. The van der Waals surface area contributed by atoms with Crippen molar-refractivity contribution in [3.63, 3.8) is 0 Å². The molecular formula is C23H30N2O3S. The van der Waals surface area contributed by atoms with Crippen LogP contribution in [0, 0.1) is 6.92 Å². The van der Waals surface area contributed by atoms with E-state index in [2.05, 4.69) is 5.32 Å². The predicted molar refractivity (Wildman–Crippen MR) is 119 cm³/mol. The molecule has 0 saturated heterocycles. The molecule has 2 aromatic rings. The molecule has 156 valence electrons. The lowest BCUT2D eigenvalue weighted by molar-refractivity contribution is -0.138. The minimum absolute atomic E-state index is 0.0390. The predicted octanol–water partition coefficient (Wildman–Crippen LogP) is 3.79. The average Bonchev–Trinajstić information content (AvgIpc) is 2.73. The van der Waals surface area contributed by atoms with Crippen LogP contribution in [0.25, 0.3) is 0 Å². The molecule has 0 radical (unpaired) electrons. The number of methoxy groups -OCH3 is 1. The third-order valence-corrected chi connectivity index (χ3v) is 5.63. The molecule has 2 rings (SSSR count). The van der Waals surface area contributed by atoms with Gasteiger partial charge in [-0.2, -0.15) is 0 Å². The Labute approximate surface area is 177 Å². The molecule has 1 unspecified atom stereocenters. The molecule has 0 saturated carbocycles. The number of carbonyl (C=O) groups is 2. The van der Waals surface area contributed by atoms with Crippen LogP contribution in [-0.4, -0.2) is 42.2 Å². The van der Waals surface area contributed by atoms with Gasteiger partial charge < -0.3 is 15.0 Å². The summed E-state index contributed by atoms with van der Waals surface area (Å²) in [4.78, 5) is 27.0. The fourth-order valence-electron chi connectivity index (χ4n) is 2.86. The van der Waals surface area contributed by atoms with Gasteiger partial charge in [-0.25, -0.2) is 0 Å². The van der Waals surface area contributed by atoms with Crippen LogP contribution in [0.15, 0.2) is 48.5 Å². The van der Waals surface area contributed by atoms with Gasteiger partial charge in [0.05, 0.1) is 12.9 Å². The fraction of sp³-hybridized carbons (Fsp3) is 0.391. The number of benzene rings is 2. The lowest BCUT2D eigenvalue weighted by Crippen LogP contribution is -2.48. The fourth-order valence-corrected chi connectivity index (χ4v) is 3.73. The van der Waals surface area contributed by atoms with Gasteiger partial charge >= 0.3 is 0 Å². The van der Waals surface area contributed by atoms with E-state index in [0.29, 0.717) is 18.8 Å². The molecule has 0 bridgehead atoms. The molecule has 0 aliphatic carbocycles. The van der Waals surface area contributed by atoms with Crippen molar-refractivity contribution < 1.29 is 14.3 Å². The van der Waals surface area contributed by atoms with Crippen LogP contribution in [0.1, 0.15) is 30.5 Å². The van der Waals surface area contributed by atoms with Crippen molar-refractivity contribution in [2.24, 2.45) is 0 Å². The summed E-state index contributed by atoms with van der Waals surface area (Å²) in [5.41, 5.74) is 3.31.